The van der Waals surface area contributed by atoms with Gasteiger partial charge in [-0.25, -0.2) is 0 Å². The van der Waals surface area contributed by atoms with Crippen LogP contribution < -0.4 is 15.8 Å². The second-order valence-corrected chi connectivity index (χ2v) is 7.93. The molecular weight excluding hydrogens is 396 g/mol. The van der Waals surface area contributed by atoms with Crippen LogP contribution in [0.1, 0.15) is 22.2 Å². The summed E-state index contributed by atoms with van der Waals surface area (Å²) in [6.07, 6.45) is 0. The van der Waals surface area contributed by atoms with E-state index in [2.05, 4.69) is 5.32 Å². The quantitative estimate of drug-likeness (QED) is 0.430. The van der Waals surface area contributed by atoms with E-state index >= 15 is 0 Å². The number of carbonyl (C=O) groups excluding carboxylic acids is 2. The molecule has 0 radical (unpaired) electrons. The smallest absolute Gasteiger partial charge is 0.221 e. The fourth-order valence-corrected chi connectivity index (χ4v) is 4.46. The van der Waals surface area contributed by atoms with Gasteiger partial charge in [0, 0.05) is 28.3 Å². The number of hydrogen-bond donors (Lipinski definition) is 2. The van der Waals surface area contributed by atoms with Crippen molar-refractivity contribution in [2.75, 3.05) is 18.2 Å². The van der Waals surface area contributed by atoms with Gasteiger partial charge in [-0.3, -0.25) is 9.59 Å². The van der Waals surface area contributed by atoms with Gasteiger partial charge >= 0.3 is 0 Å². The fraction of sp³-hybridized carbons (Fsp3) is 0.0833. The molecule has 0 fully saturated rings. The Labute approximate surface area is 178 Å². The van der Waals surface area contributed by atoms with Crippen molar-refractivity contribution in [1.29, 1.82) is 0 Å². The average molecular weight is 417 g/mol. The maximum atomic E-state index is 13.0. The SMILES string of the molecule is COc1cccc(C(=O)c2sc3cc(-c4cccc(NC(C)=O)c4)ccc3c2N)c1. The molecule has 30 heavy (non-hydrogen) atoms. The lowest BCUT2D eigenvalue weighted by Gasteiger charge is -2.06. The number of nitrogens with one attached hydrogen (secondary N) is 1. The summed E-state index contributed by atoms with van der Waals surface area (Å²) in [7, 11) is 1.57. The Balaban J connectivity index is 1.73. The molecule has 0 saturated heterocycles. The number of benzene rings is 3. The Bertz CT molecular complexity index is 1280. The molecule has 1 aromatic heterocycles. The van der Waals surface area contributed by atoms with Crippen molar-refractivity contribution in [3.63, 3.8) is 0 Å². The largest absolute Gasteiger partial charge is 0.497 e. The predicted octanol–water partition coefficient (Wildman–Crippen LogP) is 5.35. The van der Waals surface area contributed by atoms with E-state index < -0.39 is 0 Å². The van der Waals surface area contributed by atoms with Gasteiger partial charge in [-0.15, -0.1) is 11.3 Å². The van der Waals surface area contributed by atoms with Crippen LogP contribution in [0.3, 0.4) is 0 Å². The number of ketones is 1. The molecule has 4 rings (SSSR count). The molecule has 150 valence electrons. The summed E-state index contributed by atoms with van der Waals surface area (Å²) in [6.45, 7) is 1.48. The Morgan fingerprint density at radius 3 is 2.50 bits per heavy atom. The van der Waals surface area contributed by atoms with Crippen molar-refractivity contribution in [2.24, 2.45) is 0 Å². The number of hydrogen-bond acceptors (Lipinski definition) is 5. The standard InChI is InChI=1S/C24H20N2O3S/c1-14(27)26-18-7-3-5-15(11-18)16-9-10-20-21(13-16)30-24(22(20)25)23(28)17-6-4-8-19(12-17)29-2/h3-13H,25H2,1-2H3,(H,26,27). The summed E-state index contributed by atoms with van der Waals surface area (Å²) in [4.78, 5) is 24.9. The van der Waals surface area contributed by atoms with E-state index in [4.69, 9.17) is 10.5 Å². The highest BCUT2D eigenvalue weighted by atomic mass is 32.1. The number of methoxy groups -OCH3 is 1. The molecule has 1 heterocycles. The van der Waals surface area contributed by atoms with Crippen molar-refractivity contribution in [3.05, 3.63) is 77.2 Å². The van der Waals surface area contributed by atoms with E-state index in [9.17, 15) is 9.59 Å². The minimum Gasteiger partial charge on any atom is -0.497 e. The van der Waals surface area contributed by atoms with E-state index in [-0.39, 0.29) is 11.7 Å². The number of amides is 1. The monoisotopic (exact) mass is 416 g/mol. The highest BCUT2D eigenvalue weighted by molar-refractivity contribution is 7.21. The first-order chi connectivity index (χ1) is 14.5. The molecule has 0 aliphatic heterocycles. The van der Waals surface area contributed by atoms with Gasteiger partial charge in [-0.2, -0.15) is 0 Å². The lowest BCUT2D eigenvalue weighted by molar-refractivity contribution is -0.114. The summed E-state index contributed by atoms with van der Waals surface area (Å²) in [5.41, 5.74) is 10.0. The van der Waals surface area contributed by atoms with Crippen LogP contribution in [0.25, 0.3) is 21.2 Å². The highest BCUT2D eigenvalue weighted by Crippen LogP contribution is 2.38. The first-order valence-corrected chi connectivity index (χ1v) is 10.2. The molecule has 4 aromatic rings. The van der Waals surface area contributed by atoms with Gasteiger partial charge < -0.3 is 15.8 Å². The zero-order valence-electron chi connectivity index (χ0n) is 16.6. The molecule has 0 unspecified atom stereocenters. The summed E-state index contributed by atoms with van der Waals surface area (Å²) in [5, 5.41) is 3.65. The molecular formula is C24H20N2O3S. The number of fused-ring (bicyclic) bond motifs is 1. The van der Waals surface area contributed by atoms with Gasteiger partial charge in [0.2, 0.25) is 11.7 Å². The number of thiophene rings is 1. The Morgan fingerprint density at radius 1 is 0.967 bits per heavy atom. The van der Waals surface area contributed by atoms with E-state index in [1.165, 1.54) is 18.3 Å². The lowest BCUT2D eigenvalue weighted by atomic mass is 10.0. The average Bonchev–Trinajstić information content (AvgIpc) is 3.09. The zero-order valence-corrected chi connectivity index (χ0v) is 17.4. The minimum absolute atomic E-state index is 0.116. The molecule has 0 saturated carbocycles. The van der Waals surface area contributed by atoms with Crippen LogP contribution >= 0.6 is 11.3 Å². The van der Waals surface area contributed by atoms with Gasteiger partial charge in [0.1, 0.15) is 5.75 Å². The molecule has 6 heteroatoms. The van der Waals surface area contributed by atoms with Crippen LogP contribution in [0.5, 0.6) is 5.75 Å². The first-order valence-electron chi connectivity index (χ1n) is 9.35. The number of rotatable bonds is 5. The number of ether oxygens (including phenoxy) is 1. The summed E-state index contributed by atoms with van der Waals surface area (Å²) >= 11 is 1.38. The Hall–Kier alpha value is -3.64. The summed E-state index contributed by atoms with van der Waals surface area (Å²) in [6, 6.07) is 20.6. The van der Waals surface area contributed by atoms with Gasteiger partial charge in [0.15, 0.2) is 0 Å². The van der Waals surface area contributed by atoms with Crippen molar-refractivity contribution < 1.29 is 14.3 Å². The second kappa shape index (κ2) is 8.00. The Kier molecular flexibility index (Phi) is 5.25. The van der Waals surface area contributed by atoms with Gasteiger partial charge in [-0.1, -0.05) is 36.4 Å². The predicted molar refractivity (Wildman–Crippen MR) is 122 cm³/mol. The second-order valence-electron chi connectivity index (χ2n) is 6.88. The molecule has 0 spiro atoms. The number of anilines is 2. The fourth-order valence-electron chi connectivity index (χ4n) is 3.34. The number of nitrogens with two attached hydrogens (primary N) is 1. The number of nitrogen functional groups attached to an aromatic ring is 1. The molecule has 0 atom stereocenters. The third kappa shape index (κ3) is 3.77. The first kappa shape index (κ1) is 19.7. The van der Waals surface area contributed by atoms with Gasteiger partial charge in [0.05, 0.1) is 17.7 Å². The summed E-state index contributed by atoms with van der Waals surface area (Å²) in [5.74, 6) is 0.387. The van der Waals surface area contributed by atoms with Crippen molar-refractivity contribution >= 4 is 44.5 Å². The van der Waals surface area contributed by atoms with E-state index in [1.54, 1.807) is 31.4 Å². The van der Waals surface area contributed by atoms with E-state index in [0.29, 0.717) is 21.9 Å². The minimum atomic E-state index is -0.123. The van der Waals surface area contributed by atoms with Crippen LogP contribution in [0, 0.1) is 0 Å². The normalized spacial score (nSPS) is 10.7. The van der Waals surface area contributed by atoms with Crippen molar-refractivity contribution in [1.82, 2.24) is 0 Å². The van der Waals surface area contributed by atoms with Gasteiger partial charge in [-0.05, 0) is 41.5 Å². The third-order valence-corrected chi connectivity index (χ3v) is 5.95. The third-order valence-electron chi connectivity index (χ3n) is 4.78. The summed E-state index contributed by atoms with van der Waals surface area (Å²) < 4.78 is 6.15. The molecule has 3 N–H and O–H groups in total. The maximum Gasteiger partial charge on any atom is 0.221 e. The van der Waals surface area contributed by atoms with Crippen LogP contribution in [0.15, 0.2) is 66.7 Å². The maximum absolute atomic E-state index is 13.0. The van der Waals surface area contributed by atoms with Crippen LogP contribution in [0.2, 0.25) is 0 Å². The van der Waals surface area contributed by atoms with E-state index in [0.717, 1.165) is 26.9 Å². The number of carbonyl (C=O) groups is 2. The lowest BCUT2D eigenvalue weighted by Crippen LogP contribution is -2.05. The van der Waals surface area contributed by atoms with Crippen molar-refractivity contribution in [2.45, 2.75) is 6.92 Å². The Morgan fingerprint density at radius 2 is 1.73 bits per heavy atom. The molecule has 0 bridgehead atoms. The molecule has 1 amide bonds. The molecule has 5 nitrogen and oxygen atoms in total. The molecule has 3 aromatic carbocycles. The topological polar surface area (TPSA) is 81.4 Å². The highest BCUT2D eigenvalue weighted by Gasteiger charge is 2.19. The molecule has 0 aliphatic carbocycles. The van der Waals surface area contributed by atoms with Crippen molar-refractivity contribution in [3.8, 4) is 16.9 Å². The van der Waals surface area contributed by atoms with Crippen LogP contribution in [-0.2, 0) is 4.79 Å². The van der Waals surface area contributed by atoms with E-state index in [1.807, 2.05) is 42.5 Å². The van der Waals surface area contributed by atoms with Crippen LogP contribution in [0.4, 0.5) is 11.4 Å². The molecule has 0 aliphatic rings. The van der Waals surface area contributed by atoms with Crippen LogP contribution in [-0.4, -0.2) is 18.8 Å². The van der Waals surface area contributed by atoms with Gasteiger partial charge in [0.25, 0.3) is 0 Å². The zero-order chi connectivity index (χ0) is 21.3.